The van der Waals surface area contributed by atoms with E-state index in [1.54, 1.807) is 0 Å². The van der Waals surface area contributed by atoms with Gasteiger partial charge >= 0.3 is 5.97 Å². The molecular weight excluding hydrogens is 444 g/mol. The van der Waals surface area contributed by atoms with Gasteiger partial charge in [-0.15, -0.1) is 0 Å². The van der Waals surface area contributed by atoms with Gasteiger partial charge in [0.1, 0.15) is 12.1 Å². The summed E-state index contributed by atoms with van der Waals surface area (Å²) in [6.07, 6.45) is 5.28. The van der Waals surface area contributed by atoms with Gasteiger partial charge in [0.2, 0.25) is 17.7 Å². The van der Waals surface area contributed by atoms with Crippen molar-refractivity contribution in [1.82, 2.24) is 10.2 Å². The summed E-state index contributed by atoms with van der Waals surface area (Å²) < 4.78 is 4.94. The first kappa shape index (κ1) is 23.0. The number of allylic oxidation sites excluding steroid dienone is 2. The van der Waals surface area contributed by atoms with E-state index in [9.17, 15) is 19.2 Å². The van der Waals surface area contributed by atoms with Crippen molar-refractivity contribution in [1.29, 1.82) is 0 Å². The highest BCUT2D eigenvalue weighted by Crippen LogP contribution is 2.53. The molecule has 2 fully saturated rings. The zero-order valence-corrected chi connectivity index (χ0v) is 19.5. The zero-order valence-electron chi connectivity index (χ0n) is 19.5. The molecule has 1 saturated heterocycles. The van der Waals surface area contributed by atoms with Crippen LogP contribution in [-0.2, 0) is 36.8 Å². The predicted molar refractivity (Wildman–Crippen MR) is 128 cm³/mol. The molecular formula is C28H28N2O5. The van der Waals surface area contributed by atoms with Gasteiger partial charge in [0.05, 0.1) is 18.9 Å². The second kappa shape index (κ2) is 9.49. The minimum absolute atomic E-state index is 0.0489. The number of nitrogens with zero attached hydrogens (tertiary/aromatic N) is 1. The molecule has 35 heavy (non-hydrogen) atoms. The molecule has 1 N–H and O–H groups in total. The molecule has 0 spiro atoms. The molecule has 3 aliphatic rings. The van der Waals surface area contributed by atoms with Gasteiger partial charge in [-0.05, 0) is 29.4 Å². The number of likely N-dealkylation sites (tertiary alicyclic amines) is 1. The maximum atomic E-state index is 13.7. The Morgan fingerprint density at radius 3 is 1.91 bits per heavy atom. The van der Waals surface area contributed by atoms with Crippen LogP contribution in [0.2, 0.25) is 0 Å². The summed E-state index contributed by atoms with van der Waals surface area (Å²) in [5.41, 5.74) is 1.68. The van der Waals surface area contributed by atoms with Crippen LogP contribution in [0, 0.1) is 23.7 Å². The Bertz CT molecular complexity index is 1130. The van der Waals surface area contributed by atoms with Crippen molar-refractivity contribution in [2.45, 2.75) is 31.3 Å². The van der Waals surface area contributed by atoms with Gasteiger partial charge in [0, 0.05) is 12.8 Å². The highest BCUT2D eigenvalue weighted by molar-refractivity contribution is 6.09. The van der Waals surface area contributed by atoms with Gasteiger partial charge in [0.25, 0.3) is 0 Å². The molecule has 3 amide bonds. The fraction of sp³-hybridized carbons (Fsp3) is 0.357. The average Bonchev–Trinajstić information content (AvgIpc) is 3.57. The maximum absolute atomic E-state index is 13.7. The van der Waals surface area contributed by atoms with E-state index in [1.807, 2.05) is 72.8 Å². The van der Waals surface area contributed by atoms with Crippen molar-refractivity contribution < 1.29 is 23.9 Å². The van der Waals surface area contributed by atoms with E-state index in [0.717, 1.165) is 17.5 Å². The smallest absolute Gasteiger partial charge is 0.328 e. The quantitative estimate of drug-likeness (QED) is 0.362. The fourth-order valence-corrected chi connectivity index (χ4v) is 5.82. The first-order valence-electron chi connectivity index (χ1n) is 12.0. The Morgan fingerprint density at radius 2 is 1.40 bits per heavy atom. The molecule has 7 nitrogen and oxygen atoms in total. The monoisotopic (exact) mass is 472 g/mol. The third kappa shape index (κ3) is 4.27. The average molecular weight is 473 g/mol. The number of amides is 3. The number of rotatable bonds is 8. The lowest BCUT2D eigenvalue weighted by Crippen LogP contribution is -2.55. The van der Waals surface area contributed by atoms with Crippen LogP contribution >= 0.6 is 0 Å². The predicted octanol–water partition coefficient (Wildman–Crippen LogP) is 2.31. The number of fused-ring (bicyclic) bond motifs is 5. The molecule has 6 atom stereocenters. The summed E-state index contributed by atoms with van der Waals surface area (Å²) >= 11 is 0. The van der Waals surface area contributed by atoms with Crippen molar-refractivity contribution in [2.75, 3.05) is 7.11 Å². The van der Waals surface area contributed by atoms with Crippen LogP contribution in [-0.4, -0.2) is 47.8 Å². The summed E-state index contributed by atoms with van der Waals surface area (Å²) in [6, 6.07) is 16.6. The van der Waals surface area contributed by atoms with Crippen molar-refractivity contribution >= 4 is 23.7 Å². The zero-order chi connectivity index (χ0) is 24.5. The van der Waals surface area contributed by atoms with Crippen LogP contribution in [0.5, 0.6) is 0 Å². The largest absolute Gasteiger partial charge is 0.467 e. The maximum Gasteiger partial charge on any atom is 0.328 e. The normalized spacial score (nSPS) is 25.9. The van der Waals surface area contributed by atoms with Gasteiger partial charge in [-0.1, -0.05) is 72.8 Å². The van der Waals surface area contributed by atoms with E-state index in [4.69, 9.17) is 4.74 Å². The van der Waals surface area contributed by atoms with Crippen molar-refractivity contribution in [3.05, 3.63) is 83.9 Å². The number of methoxy groups -OCH3 is 1. The summed E-state index contributed by atoms with van der Waals surface area (Å²) in [7, 11) is 1.27. The number of ether oxygens (including phenoxy) is 1. The molecule has 1 aliphatic heterocycles. The van der Waals surface area contributed by atoms with Gasteiger partial charge in [-0.3, -0.25) is 19.3 Å². The van der Waals surface area contributed by atoms with E-state index < -0.39 is 35.8 Å². The van der Waals surface area contributed by atoms with Gasteiger partial charge in [-0.2, -0.15) is 0 Å². The van der Waals surface area contributed by atoms with E-state index in [-0.39, 0.29) is 36.5 Å². The first-order chi connectivity index (χ1) is 17.0. The Hall–Kier alpha value is -3.74. The lowest BCUT2D eigenvalue weighted by atomic mass is 9.85. The number of hydrogen-bond acceptors (Lipinski definition) is 5. The van der Waals surface area contributed by atoms with Gasteiger partial charge in [0.15, 0.2) is 0 Å². The molecule has 5 rings (SSSR count). The highest BCUT2D eigenvalue weighted by Gasteiger charge is 2.61. The molecule has 0 radical (unpaired) electrons. The van der Waals surface area contributed by atoms with Crippen LogP contribution in [0.15, 0.2) is 72.8 Å². The number of hydrogen-bond donors (Lipinski definition) is 1. The van der Waals surface area contributed by atoms with Crippen molar-refractivity contribution in [2.24, 2.45) is 23.7 Å². The topological polar surface area (TPSA) is 92.8 Å². The molecule has 2 aromatic rings. The summed E-state index contributed by atoms with van der Waals surface area (Å²) in [5, 5.41) is 2.78. The molecule has 2 aliphatic carbocycles. The first-order valence-corrected chi connectivity index (χ1v) is 12.0. The molecule has 0 aromatic heterocycles. The van der Waals surface area contributed by atoms with Crippen LogP contribution in [0.4, 0.5) is 0 Å². The number of imide groups is 1. The van der Waals surface area contributed by atoms with Crippen molar-refractivity contribution in [3.8, 4) is 0 Å². The Kier molecular flexibility index (Phi) is 6.24. The second-order valence-electron chi connectivity index (χ2n) is 9.53. The molecule has 2 aromatic carbocycles. The highest BCUT2D eigenvalue weighted by atomic mass is 16.5. The molecule has 1 heterocycles. The van der Waals surface area contributed by atoms with Crippen LogP contribution in [0.1, 0.15) is 17.5 Å². The number of carbonyl (C=O) groups is 4. The third-order valence-electron chi connectivity index (χ3n) is 7.48. The summed E-state index contributed by atoms with van der Waals surface area (Å²) in [6.45, 7) is 0. The lowest BCUT2D eigenvalue weighted by Gasteiger charge is -2.28. The lowest BCUT2D eigenvalue weighted by molar-refractivity contribution is -0.150. The summed E-state index contributed by atoms with van der Waals surface area (Å²) in [4.78, 5) is 54.4. The van der Waals surface area contributed by atoms with Crippen LogP contribution in [0.25, 0.3) is 0 Å². The SMILES string of the molecule is COC(=O)[C@H](Cc1ccccc1)NC(=O)[C@H](Cc1ccccc1)N1C(=O)[C@@H]2[C@H](C1=O)[C@@H]1C=C[C@H]2C1. The van der Waals surface area contributed by atoms with Gasteiger partial charge < -0.3 is 10.1 Å². The minimum Gasteiger partial charge on any atom is -0.467 e. The molecule has 180 valence electrons. The number of benzene rings is 2. The third-order valence-corrected chi connectivity index (χ3v) is 7.48. The Balaban J connectivity index is 1.42. The number of carbonyl (C=O) groups excluding carboxylic acids is 4. The van der Waals surface area contributed by atoms with Crippen molar-refractivity contribution in [3.63, 3.8) is 0 Å². The van der Waals surface area contributed by atoms with E-state index >= 15 is 0 Å². The van der Waals surface area contributed by atoms with Crippen LogP contribution < -0.4 is 5.32 Å². The fourth-order valence-electron chi connectivity index (χ4n) is 5.82. The van der Waals surface area contributed by atoms with Crippen LogP contribution in [0.3, 0.4) is 0 Å². The van der Waals surface area contributed by atoms with E-state index in [0.29, 0.717) is 0 Å². The Labute approximate surface area is 204 Å². The van der Waals surface area contributed by atoms with Gasteiger partial charge in [-0.25, -0.2) is 4.79 Å². The molecule has 7 heteroatoms. The minimum atomic E-state index is -1.05. The number of nitrogens with one attached hydrogen (secondary N) is 1. The van der Waals surface area contributed by atoms with E-state index in [1.165, 1.54) is 12.0 Å². The number of esters is 1. The molecule has 0 unspecified atom stereocenters. The summed E-state index contributed by atoms with van der Waals surface area (Å²) in [5.74, 6) is -2.40. The molecule has 1 saturated carbocycles. The second-order valence-corrected chi connectivity index (χ2v) is 9.53. The standard InChI is InChI=1S/C28H28N2O5/c1-35-28(34)21(14-17-8-4-2-5-9-17)29-25(31)22(15-18-10-6-3-7-11-18)30-26(32)23-19-12-13-20(16-19)24(23)27(30)33/h2-13,19-24H,14-16H2,1H3,(H,29,31)/t19-,20+,21-,22-,23-,24+/m0/s1. The van der Waals surface area contributed by atoms with E-state index in [2.05, 4.69) is 5.32 Å². The Morgan fingerprint density at radius 1 is 0.886 bits per heavy atom. The molecule has 2 bridgehead atoms.